The molecular weight excluding hydrogens is 322 g/mol. The molecule has 2 rings (SSSR count). The second kappa shape index (κ2) is 8.69. The highest BCUT2D eigenvalue weighted by molar-refractivity contribution is 5.91. The number of carbonyl (C=O) groups is 3. The minimum atomic E-state index is -0.142. The second-order valence-corrected chi connectivity index (χ2v) is 6.76. The van der Waals surface area contributed by atoms with E-state index in [4.69, 9.17) is 4.42 Å². The number of carbonyl (C=O) groups excluding carboxylic acids is 3. The first-order valence-electron chi connectivity index (χ1n) is 8.74. The molecule has 0 aromatic carbocycles. The lowest BCUT2D eigenvalue weighted by molar-refractivity contribution is -0.134. The molecule has 1 aliphatic heterocycles. The van der Waals surface area contributed by atoms with Crippen molar-refractivity contribution in [1.82, 2.24) is 14.7 Å². The van der Waals surface area contributed by atoms with Gasteiger partial charge in [-0.25, -0.2) is 0 Å². The predicted molar refractivity (Wildman–Crippen MR) is 92.9 cm³/mol. The van der Waals surface area contributed by atoms with Gasteiger partial charge in [0.05, 0.1) is 6.26 Å². The standard InChI is InChI=1S/C18H27N3O4/c1-14(2)13-21(15(3)22)7-6-17(23)19-8-10-20(11-9-19)18(24)16-5-4-12-25-16/h4-5,12,14H,6-11,13H2,1-3H3. The van der Waals surface area contributed by atoms with E-state index in [0.29, 0.717) is 57.4 Å². The van der Waals surface area contributed by atoms with Gasteiger partial charge in [0.2, 0.25) is 11.8 Å². The first-order chi connectivity index (χ1) is 11.9. The lowest BCUT2D eigenvalue weighted by Gasteiger charge is -2.34. The average Bonchev–Trinajstić information content (AvgIpc) is 3.11. The zero-order valence-electron chi connectivity index (χ0n) is 15.2. The van der Waals surface area contributed by atoms with Gasteiger partial charge < -0.3 is 19.1 Å². The molecule has 0 saturated carbocycles. The zero-order valence-corrected chi connectivity index (χ0v) is 15.2. The molecule has 1 fully saturated rings. The van der Waals surface area contributed by atoms with Crippen LogP contribution in [0.5, 0.6) is 0 Å². The fourth-order valence-corrected chi connectivity index (χ4v) is 2.92. The van der Waals surface area contributed by atoms with Crippen LogP contribution in [-0.4, -0.2) is 71.7 Å². The van der Waals surface area contributed by atoms with Crippen molar-refractivity contribution >= 4 is 17.7 Å². The van der Waals surface area contributed by atoms with Gasteiger partial charge in [0, 0.05) is 52.6 Å². The van der Waals surface area contributed by atoms with E-state index in [9.17, 15) is 14.4 Å². The van der Waals surface area contributed by atoms with Crippen molar-refractivity contribution in [2.75, 3.05) is 39.3 Å². The molecular formula is C18H27N3O4. The Bertz CT molecular complexity index is 589. The summed E-state index contributed by atoms with van der Waals surface area (Å²) in [5, 5.41) is 0. The quantitative estimate of drug-likeness (QED) is 0.779. The molecule has 7 nitrogen and oxygen atoms in total. The minimum Gasteiger partial charge on any atom is -0.459 e. The molecule has 1 aliphatic rings. The van der Waals surface area contributed by atoms with E-state index in [2.05, 4.69) is 0 Å². The maximum Gasteiger partial charge on any atom is 0.289 e. The van der Waals surface area contributed by atoms with Crippen molar-refractivity contribution in [3.63, 3.8) is 0 Å². The van der Waals surface area contributed by atoms with Crippen molar-refractivity contribution < 1.29 is 18.8 Å². The Kier molecular flexibility index (Phi) is 6.61. The number of rotatable bonds is 6. The number of piperazine rings is 1. The van der Waals surface area contributed by atoms with Crippen LogP contribution in [0, 0.1) is 5.92 Å². The molecule has 0 N–H and O–H groups in total. The van der Waals surface area contributed by atoms with Crippen LogP contribution in [0.25, 0.3) is 0 Å². The summed E-state index contributed by atoms with van der Waals surface area (Å²) in [7, 11) is 0. The van der Waals surface area contributed by atoms with E-state index in [-0.39, 0.29) is 17.7 Å². The van der Waals surface area contributed by atoms with Gasteiger partial charge in [-0.1, -0.05) is 13.8 Å². The van der Waals surface area contributed by atoms with Crippen LogP contribution in [0.2, 0.25) is 0 Å². The maximum atomic E-state index is 12.4. The third-order valence-corrected chi connectivity index (χ3v) is 4.28. The van der Waals surface area contributed by atoms with Gasteiger partial charge in [-0.3, -0.25) is 14.4 Å². The van der Waals surface area contributed by atoms with E-state index in [1.54, 1.807) is 26.8 Å². The monoisotopic (exact) mass is 349 g/mol. The number of hydrogen-bond acceptors (Lipinski definition) is 4. The summed E-state index contributed by atoms with van der Waals surface area (Å²) in [6.07, 6.45) is 1.80. The summed E-state index contributed by atoms with van der Waals surface area (Å²) in [6, 6.07) is 3.33. The molecule has 0 spiro atoms. The third kappa shape index (κ3) is 5.34. The summed E-state index contributed by atoms with van der Waals surface area (Å²) in [5.41, 5.74) is 0. The smallest absolute Gasteiger partial charge is 0.289 e. The Morgan fingerprint density at radius 1 is 1.16 bits per heavy atom. The van der Waals surface area contributed by atoms with Gasteiger partial charge in [0.1, 0.15) is 0 Å². The van der Waals surface area contributed by atoms with Gasteiger partial charge in [-0.05, 0) is 18.1 Å². The van der Waals surface area contributed by atoms with Crippen LogP contribution >= 0.6 is 0 Å². The highest BCUT2D eigenvalue weighted by Crippen LogP contribution is 2.10. The van der Waals surface area contributed by atoms with Crippen LogP contribution in [0.1, 0.15) is 37.7 Å². The molecule has 7 heteroatoms. The molecule has 1 aromatic rings. The Morgan fingerprint density at radius 2 is 1.80 bits per heavy atom. The van der Waals surface area contributed by atoms with Crippen molar-refractivity contribution in [1.29, 1.82) is 0 Å². The lowest BCUT2D eigenvalue weighted by Crippen LogP contribution is -2.51. The van der Waals surface area contributed by atoms with Crippen LogP contribution in [0.3, 0.4) is 0 Å². The molecule has 0 unspecified atom stereocenters. The first kappa shape index (κ1) is 19.0. The molecule has 0 aliphatic carbocycles. The Balaban J connectivity index is 1.79. The van der Waals surface area contributed by atoms with Crippen molar-refractivity contribution in [3.05, 3.63) is 24.2 Å². The third-order valence-electron chi connectivity index (χ3n) is 4.28. The number of amides is 3. The van der Waals surface area contributed by atoms with Crippen molar-refractivity contribution in [2.24, 2.45) is 5.92 Å². The fourth-order valence-electron chi connectivity index (χ4n) is 2.92. The van der Waals surface area contributed by atoms with Crippen LogP contribution in [0.4, 0.5) is 0 Å². The van der Waals surface area contributed by atoms with Crippen molar-refractivity contribution in [3.8, 4) is 0 Å². The zero-order chi connectivity index (χ0) is 18.4. The molecule has 25 heavy (non-hydrogen) atoms. The Morgan fingerprint density at radius 3 is 2.32 bits per heavy atom. The van der Waals surface area contributed by atoms with Gasteiger partial charge in [0.25, 0.3) is 5.91 Å². The van der Waals surface area contributed by atoms with E-state index < -0.39 is 0 Å². The van der Waals surface area contributed by atoms with Gasteiger partial charge in [-0.2, -0.15) is 0 Å². The summed E-state index contributed by atoms with van der Waals surface area (Å²) in [6.45, 7) is 8.74. The van der Waals surface area contributed by atoms with E-state index in [0.717, 1.165) is 0 Å². The Labute approximate surface area is 148 Å². The van der Waals surface area contributed by atoms with Gasteiger partial charge in [-0.15, -0.1) is 0 Å². The van der Waals surface area contributed by atoms with Crippen LogP contribution < -0.4 is 0 Å². The molecule has 0 radical (unpaired) electrons. The van der Waals surface area contributed by atoms with Gasteiger partial charge >= 0.3 is 0 Å². The SMILES string of the molecule is CC(=O)N(CCC(=O)N1CCN(C(=O)c2ccco2)CC1)CC(C)C. The Hall–Kier alpha value is -2.31. The largest absolute Gasteiger partial charge is 0.459 e. The van der Waals surface area contributed by atoms with Crippen LogP contribution in [-0.2, 0) is 9.59 Å². The molecule has 0 bridgehead atoms. The van der Waals surface area contributed by atoms with E-state index >= 15 is 0 Å². The maximum absolute atomic E-state index is 12.4. The molecule has 3 amide bonds. The highest BCUT2D eigenvalue weighted by atomic mass is 16.3. The molecule has 138 valence electrons. The number of nitrogens with zero attached hydrogens (tertiary/aromatic N) is 3. The summed E-state index contributed by atoms with van der Waals surface area (Å²) in [4.78, 5) is 41.4. The van der Waals surface area contributed by atoms with E-state index in [1.165, 1.54) is 13.2 Å². The average molecular weight is 349 g/mol. The first-order valence-corrected chi connectivity index (χ1v) is 8.74. The predicted octanol–water partition coefficient (Wildman–Crippen LogP) is 1.46. The normalized spacial score (nSPS) is 14.7. The number of hydrogen-bond donors (Lipinski definition) is 0. The van der Waals surface area contributed by atoms with Crippen molar-refractivity contribution in [2.45, 2.75) is 27.2 Å². The lowest BCUT2D eigenvalue weighted by atomic mass is 10.2. The molecule has 1 saturated heterocycles. The molecule has 1 aromatic heterocycles. The molecule has 0 atom stereocenters. The summed E-state index contributed by atoms with van der Waals surface area (Å²) < 4.78 is 5.13. The van der Waals surface area contributed by atoms with Crippen LogP contribution in [0.15, 0.2) is 22.8 Å². The number of furan rings is 1. The van der Waals surface area contributed by atoms with Gasteiger partial charge in [0.15, 0.2) is 5.76 Å². The molecule has 2 heterocycles. The van der Waals surface area contributed by atoms with E-state index in [1.807, 2.05) is 13.8 Å². The topological polar surface area (TPSA) is 74.1 Å². The summed E-state index contributed by atoms with van der Waals surface area (Å²) >= 11 is 0. The second-order valence-electron chi connectivity index (χ2n) is 6.76. The minimum absolute atomic E-state index is 0.00429. The highest BCUT2D eigenvalue weighted by Gasteiger charge is 2.26. The fraction of sp³-hybridized carbons (Fsp3) is 0.611. The summed E-state index contributed by atoms with van der Waals surface area (Å²) in [5.74, 6) is 0.577.